The summed E-state index contributed by atoms with van der Waals surface area (Å²) in [4.78, 5) is 26.8. The Morgan fingerprint density at radius 3 is 2.67 bits per heavy atom. The summed E-state index contributed by atoms with van der Waals surface area (Å²) in [5.41, 5.74) is 16.4. The van der Waals surface area contributed by atoms with Crippen molar-refractivity contribution in [2.75, 3.05) is 25.9 Å². The van der Waals surface area contributed by atoms with E-state index >= 15 is 0 Å². The van der Waals surface area contributed by atoms with Gasteiger partial charge in [-0.1, -0.05) is 35.6 Å². The number of nitrogen functional groups attached to an aromatic ring is 1. The van der Waals surface area contributed by atoms with Crippen LogP contribution in [0.5, 0.6) is 5.75 Å². The number of amides is 1. The van der Waals surface area contributed by atoms with Crippen LogP contribution in [0.25, 0.3) is 22.6 Å². The molecule has 2 aromatic carbocycles. The van der Waals surface area contributed by atoms with Gasteiger partial charge in [-0.25, -0.2) is 9.97 Å². The first kappa shape index (κ1) is 26.3. The molecule has 0 saturated carbocycles. The summed E-state index contributed by atoms with van der Waals surface area (Å²) in [6.45, 7) is 3.96. The van der Waals surface area contributed by atoms with Crippen molar-refractivity contribution in [1.29, 1.82) is 0 Å². The molecule has 8 nitrogen and oxygen atoms in total. The van der Waals surface area contributed by atoms with Crippen molar-refractivity contribution < 1.29 is 9.53 Å². The number of ether oxygens (including phenoxy) is 1. The van der Waals surface area contributed by atoms with Crippen molar-refractivity contribution in [2.24, 2.45) is 5.73 Å². The highest BCUT2D eigenvalue weighted by molar-refractivity contribution is 6.31. The number of rotatable bonds is 5. The Morgan fingerprint density at radius 2 is 1.92 bits per heavy atom. The highest BCUT2D eigenvalue weighted by Crippen LogP contribution is 2.35. The Bertz CT molecular complexity index is 1590. The number of likely N-dealkylation sites (tertiary alicyclic amines) is 1. The van der Waals surface area contributed by atoms with Crippen LogP contribution >= 0.6 is 11.6 Å². The zero-order chi connectivity index (χ0) is 27.5. The largest absolute Gasteiger partial charge is 0.490 e. The van der Waals surface area contributed by atoms with E-state index in [0.29, 0.717) is 27.7 Å². The minimum atomic E-state index is -0.627. The monoisotopic (exact) mass is 540 g/mol. The molecule has 9 heteroatoms. The minimum absolute atomic E-state index is 0.0980. The summed E-state index contributed by atoms with van der Waals surface area (Å²) in [6.07, 6.45) is 3.69. The van der Waals surface area contributed by atoms with E-state index in [1.807, 2.05) is 37.3 Å². The number of H-pyrrole nitrogens is 1. The number of aromatic nitrogens is 3. The van der Waals surface area contributed by atoms with Crippen molar-refractivity contribution in [3.63, 3.8) is 0 Å². The molecule has 0 unspecified atom stereocenters. The number of hydrogen-bond acceptors (Lipinski definition) is 6. The number of hydrogen-bond donors (Lipinski definition) is 3. The number of benzene rings is 2. The summed E-state index contributed by atoms with van der Waals surface area (Å²) in [6, 6.07) is 14.8. The molecule has 1 aliphatic rings. The lowest BCUT2D eigenvalue weighted by Gasteiger charge is -2.29. The molecule has 0 spiro atoms. The minimum Gasteiger partial charge on any atom is -0.490 e. The zero-order valence-electron chi connectivity index (χ0n) is 21.8. The van der Waals surface area contributed by atoms with Gasteiger partial charge < -0.3 is 26.1 Å². The molecule has 0 radical (unpaired) electrons. The van der Waals surface area contributed by atoms with Crippen LogP contribution in [0, 0.1) is 18.8 Å². The zero-order valence-corrected chi connectivity index (χ0v) is 22.5. The smallest absolute Gasteiger partial charge is 0.252 e. The van der Waals surface area contributed by atoms with Crippen molar-refractivity contribution in [1.82, 2.24) is 19.9 Å². The van der Waals surface area contributed by atoms with Gasteiger partial charge in [0.2, 0.25) is 5.95 Å². The molecule has 2 aromatic heterocycles. The van der Waals surface area contributed by atoms with E-state index in [2.05, 4.69) is 38.7 Å². The van der Waals surface area contributed by atoms with E-state index in [1.165, 1.54) is 0 Å². The molecule has 5 N–H and O–H groups in total. The number of primary amides is 1. The van der Waals surface area contributed by atoms with Gasteiger partial charge in [-0.05, 0) is 68.8 Å². The summed E-state index contributed by atoms with van der Waals surface area (Å²) in [5, 5.41) is 0.530. The molecular weight excluding hydrogens is 512 g/mol. The van der Waals surface area contributed by atoms with E-state index < -0.39 is 5.91 Å². The number of piperidine rings is 1. The molecule has 1 saturated heterocycles. The third-order valence-corrected chi connectivity index (χ3v) is 7.02. The Hall–Kier alpha value is -4.32. The molecule has 4 aromatic rings. The molecule has 0 bridgehead atoms. The number of nitrogens with one attached hydrogen (secondary N) is 1. The fraction of sp³-hybridized carbons (Fsp3) is 0.233. The molecule has 5 rings (SSSR count). The first-order valence-electron chi connectivity index (χ1n) is 12.7. The van der Waals surface area contributed by atoms with Crippen molar-refractivity contribution in [2.45, 2.75) is 25.9 Å². The molecule has 0 atom stereocenters. The Kier molecular flexibility index (Phi) is 7.55. The molecule has 3 heterocycles. The fourth-order valence-electron chi connectivity index (χ4n) is 4.72. The number of nitrogens with zero attached hydrogens (tertiary/aromatic N) is 3. The highest BCUT2D eigenvalue weighted by atomic mass is 35.5. The summed E-state index contributed by atoms with van der Waals surface area (Å²) >= 11 is 6.31. The van der Waals surface area contributed by atoms with Gasteiger partial charge in [-0.15, -0.1) is 0 Å². The Labute approximate surface area is 232 Å². The van der Waals surface area contributed by atoms with E-state index in [0.717, 1.165) is 48.4 Å². The lowest BCUT2D eigenvalue weighted by molar-refractivity contribution is 0.100. The standard InChI is InChI=1S/C30H29ClN6O2/c1-18-6-8-20(31)17-24(18)28-26(29(32)38)23(27(36-28)25-10-13-34-30(33)35-25)9-7-19-4-3-5-22(16-19)39-21-11-14-37(2)15-12-21/h3-6,8,10,13,16-17,21,36H,11-12,14-15H2,1-2H3,(H2,32,38)(H2,33,34,35). The van der Waals surface area contributed by atoms with Crippen molar-refractivity contribution in [3.05, 3.63) is 82.0 Å². The van der Waals surface area contributed by atoms with Gasteiger partial charge >= 0.3 is 0 Å². The Morgan fingerprint density at radius 1 is 1.13 bits per heavy atom. The van der Waals surface area contributed by atoms with Crippen LogP contribution in [-0.4, -0.2) is 52.0 Å². The predicted octanol–water partition coefficient (Wildman–Crippen LogP) is 4.65. The predicted molar refractivity (Wildman–Crippen MR) is 154 cm³/mol. The van der Waals surface area contributed by atoms with Crippen LogP contribution in [-0.2, 0) is 0 Å². The SMILES string of the molecule is Cc1ccc(Cl)cc1-c1[nH]c(-c2ccnc(N)n2)c(C#Cc2cccc(OC3CCN(C)CC3)c2)c1C(N)=O. The maximum absolute atomic E-state index is 12.9. The second-order valence-electron chi connectivity index (χ2n) is 9.65. The van der Waals surface area contributed by atoms with Crippen molar-refractivity contribution >= 4 is 23.5 Å². The van der Waals surface area contributed by atoms with Gasteiger partial charge in [0.05, 0.1) is 28.2 Å². The molecule has 1 aliphatic heterocycles. The van der Waals surface area contributed by atoms with Crippen LogP contribution in [0.3, 0.4) is 0 Å². The van der Waals surface area contributed by atoms with Crippen LogP contribution in [0.1, 0.15) is 39.9 Å². The van der Waals surface area contributed by atoms with Gasteiger partial charge in [0.25, 0.3) is 5.91 Å². The molecule has 1 amide bonds. The van der Waals surface area contributed by atoms with Gasteiger partial charge in [0.15, 0.2) is 0 Å². The molecule has 198 valence electrons. The fourth-order valence-corrected chi connectivity index (χ4v) is 4.89. The third kappa shape index (κ3) is 5.90. The van der Waals surface area contributed by atoms with Gasteiger partial charge in [0, 0.05) is 35.4 Å². The lowest BCUT2D eigenvalue weighted by Crippen LogP contribution is -2.35. The molecule has 39 heavy (non-hydrogen) atoms. The number of nitrogens with two attached hydrogens (primary N) is 2. The normalized spacial score (nSPS) is 14.0. The van der Waals surface area contributed by atoms with Crippen LogP contribution < -0.4 is 16.2 Å². The average molecular weight is 541 g/mol. The van der Waals surface area contributed by atoms with E-state index in [9.17, 15) is 4.79 Å². The second-order valence-corrected chi connectivity index (χ2v) is 10.1. The van der Waals surface area contributed by atoms with Crippen LogP contribution in [0.15, 0.2) is 54.7 Å². The number of halogens is 1. The van der Waals surface area contributed by atoms with E-state index in [4.69, 9.17) is 27.8 Å². The van der Waals surface area contributed by atoms with E-state index in [1.54, 1.807) is 24.4 Å². The number of carbonyl (C=O) groups excluding carboxylic acids is 1. The number of aryl methyl sites for hydroxylation is 1. The lowest BCUT2D eigenvalue weighted by atomic mass is 9.99. The number of carbonyl (C=O) groups is 1. The topological polar surface area (TPSA) is 123 Å². The second kappa shape index (κ2) is 11.2. The average Bonchev–Trinajstić information content (AvgIpc) is 3.30. The van der Waals surface area contributed by atoms with Crippen LogP contribution in [0.4, 0.5) is 5.95 Å². The van der Waals surface area contributed by atoms with E-state index in [-0.39, 0.29) is 17.6 Å². The van der Waals surface area contributed by atoms with Crippen LogP contribution in [0.2, 0.25) is 5.02 Å². The maximum atomic E-state index is 12.9. The van der Waals surface area contributed by atoms with Gasteiger partial charge in [0.1, 0.15) is 11.9 Å². The third-order valence-electron chi connectivity index (χ3n) is 6.78. The first-order valence-corrected chi connectivity index (χ1v) is 13.0. The Balaban J connectivity index is 1.59. The molecule has 1 fully saturated rings. The molecule has 0 aliphatic carbocycles. The van der Waals surface area contributed by atoms with Crippen molar-refractivity contribution in [3.8, 4) is 40.2 Å². The van der Waals surface area contributed by atoms with Gasteiger partial charge in [-0.2, -0.15) is 0 Å². The summed E-state index contributed by atoms with van der Waals surface area (Å²) in [5.74, 6) is 6.60. The summed E-state index contributed by atoms with van der Waals surface area (Å²) in [7, 11) is 2.12. The quantitative estimate of drug-likeness (QED) is 0.316. The molecular formula is C30H29ClN6O2. The van der Waals surface area contributed by atoms with Gasteiger partial charge in [-0.3, -0.25) is 4.79 Å². The highest BCUT2D eigenvalue weighted by Gasteiger charge is 2.24. The number of aromatic amines is 1. The first-order chi connectivity index (χ1) is 18.8. The summed E-state index contributed by atoms with van der Waals surface area (Å²) < 4.78 is 6.23. The number of anilines is 1. The maximum Gasteiger partial charge on any atom is 0.252 e.